The Balaban J connectivity index is 2.53. The van der Waals surface area contributed by atoms with E-state index >= 15 is 0 Å². The van der Waals surface area contributed by atoms with Crippen molar-refractivity contribution in [2.24, 2.45) is 5.73 Å². The predicted octanol–water partition coefficient (Wildman–Crippen LogP) is 2.40. The number of hydrogen-bond acceptors (Lipinski definition) is 4. The molecule has 0 atom stereocenters. The highest BCUT2D eigenvalue weighted by molar-refractivity contribution is 6.30. The lowest BCUT2D eigenvalue weighted by atomic mass is 10.3. The highest BCUT2D eigenvalue weighted by atomic mass is 35.5. The Hall–Kier alpha value is -2.62. The number of amides is 1. The Kier molecular flexibility index (Phi) is 4.78. The second kappa shape index (κ2) is 6.48. The van der Waals surface area contributed by atoms with E-state index in [1.165, 1.54) is 0 Å². The third kappa shape index (κ3) is 4.02. The molecule has 0 saturated carbocycles. The monoisotopic (exact) mass is 365 g/mol. The highest BCUT2D eigenvalue weighted by Crippen LogP contribution is 2.35. The molecule has 1 heterocycles. The van der Waals surface area contributed by atoms with Crippen molar-refractivity contribution in [2.45, 2.75) is 12.6 Å². The van der Waals surface area contributed by atoms with E-state index in [0.717, 1.165) is 18.2 Å². The van der Waals surface area contributed by atoms with E-state index in [1.54, 1.807) is 0 Å². The van der Waals surface area contributed by atoms with Crippen molar-refractivity contribution in [1.29, 1.82) is 0 Å². The molecule has 3 N–H and O–H groups in total. The molecule has 0 radical (unpaired) electrons. The van der Waals surface area contributed by atoms with Gasteiger partial charge in [-0.05, 0) is 12.1 Å². The quantitative estimate of drug-likeness (QED) is 0.813. The molecule has 0 aliphatic rings. The number of primary amides is 1. The molecule has 0 unspecified atom stereocenters. The Morgan fingerprint density at radius 1 is 1.38 bits per heavy atom. The van der Waals surface area contributed by atoms with E-state index < -0.39 is 52.2 Å². The number of nitrogens with one attached hydrogen (secondary N) is 1. The van der Waals surface area contributed by atoms with Crippen LogP contribution in [0.1, 0.15) is 11.5 Å². The maximum absolute atomic E-state index is 13.1. The summed E-state index contributed by atoms with van der Waals surface area (Å²) >= 11 is 5.50. The number of nitrogens with zero attached hydrogens (tertiary/aromatic N) is 1. The van der Waals surface area contributed by atoms with Gasteiger partial charge in [-0.2, -0.15) is 13.2 Å². The van der Waals surface area contributed by atoms with Gasteiger partial charge in [0.15, 0.2) is 5.69 Å². The number of H-pyrrole nitrogens is 1. The van der Waals surface area contributed by atoms with Crippen LogP contribution in [-0.2, 0) is 17.4 Å². The van der Waals surface area contributed by atoms with Crippen molar-refractivity contribution < 1.29 is 27.1 Å². The fraction of sp³-hybridized carbons (Fsp3) is 0.154. The minimum Gasteiger partial charge on any atom is -0.449 e. The topological polar surface area (TPSA) is 98.1 Å². The molecule has 128 valence electrons. The van der Waals surface area contributed by atoms with Gasteiger partial charge in [0.25, 0.3) is 5.56 Å². The van der Waals surface area contributed by atoms with Gasteiger partial charge in [0.1, 0.15) is 17.4 Å². The van der Waals surface area contributed by atoms with E-state index in [0.29, 0.717) is 0 Å². The van der Waals surface area contributed by atoms with E-state index in [4.69, 9.17) is 22.1 Å². The summed E-state index contributed by atoms with van der Waals surface area (Å²) in [5, 5.41) is -0.407. The zero-order chi connectivity index (χ0) is 18.1. The molecule has 0 aliphatic carbocycles. The lowest BCUT2D eigenvalue weighted by molar-refractivity contribution is -0.142. The molecule has 0 spiro atoms. The molecule has 2 aromatic rings. The number of halogens is 5. The first-order valence-electron chi connectivity index (χ1n) is 6.19. The number of aromatic nitrogens is 2. The number of aromatic amines is 1. The van der Waals surface area contributed by atoms with Gasteiger partial charge < -0.3 is 15.5 Å². The third-order valence-corrected chi connectivity index (χ3v) is 2.94. The summed E-state index contributed by atoms with van der Waals surface area (Å²) in [7, 11) is 0. The van der Waals surface area contributed by atoms with Crippen LogP contribution >= 0.6 is 11.6 Å². The van der Waals surface area contributed by atoms with Gasteiger partial charge >= 0.3 is 6.18 Å². The zero-order valence-corrected chi connectivity index (χ0v) is 12.3. The molecule has 1 aromatic carbocycles. The van der Waals surface area contributed by atoms with Gasteiger partial charge in [-0.3, -0.25) is 9.59 Å². The lowest BCUT2D eigenvalue weighted by Gasteiger charge is -2.13. The van der Waals surface area contributed by atoms with Crippen LogP contribution in [0.4, 0.5) is 17.6 Å². The second-order valence-electron chi connectivity index (χ2n) is 4.51. The summed E-state index contributed by atoms with van der Waals surface area (Å²) in [6.45, 7) is 0. The lowest BCUT2D eigenvalue weighted by Crippen LogP contribution is -2.24. The van der Waals surface area contributed by atoms with Gasteiger partial charge in [0, 0.05) is 6.07 Å². The van der Waals surface area contributed by atoms with Crippen LogP contribution in [0.3, 0.4) is 0 Å². The van der Waals surface area contributed by atoms with Crippen molar-refractivity contribution in [3.63, 3.8) is 0 Å². The van der Waals surface area contributed by atoms with Crippen LogP contribution in [0.25, 0.3) is 0 Å². The summed E-state index contributed by atoms with van der Waals surface area (Å²) < 4.78 is 57.2. The van der Waals surface area contributed by atoms with Gasteiger partial charge in [-0.1, -0.05) is 11.6 Å². The van der Waals surface area contributed by atoms with Gasteiger partial charge in [0.05, 0.1) is 11.4 Å². The summed E-state index contributed by atoms with van der Waals surface area (Å²) in [5.74, 6) is -3.83. The number of ether oxygens (including phenoxy) is 1. The maximum atomic E-state index is 13.1. The third-order valence-electron chi connectivity index (χ3n) is 2.65. The summed E-state index contributed by atoms with van der Waals surface area (Å²) in [6, 6.07) is 2.74. The molecular formula is C13H8ClF4N3O3. The van der Waals surface area contributed by atoms with Crippen LogP contribution in [0.5, 0.6) is 11.5 Å². The predicted molar refractivity (Wildman–Crippen MR) is 74.2 cm³/mol. The Morgan fingerprint density at radius 2 is 2.04 bits per heavy atom. The fourth-order valence-electron chi connectivity index (χ4n) is 1.70. The number of benzene rings is 1. The molecule has 11 heteroatoms. The van der Waals surface area contributed by atoms with E-state index in [-0.39, 0.29) is 5.75 Å². The molecular weight excluding hydrogens is 358 g/mol. The van der Waals surface area contributed by atoms with Crippen molar-refractivity contribution in [3.8, 4) is 11.5 Å². The van der Waals surface area contributed by atoms with Crippen LogP contribution < -0.4 is 16.0 Å². The van der Waals surface area contributed by atoms with Crippen molar-refractivity contribution in [2.75, 3.05) is 0 Å². The van der Waals surface area contributed by atoms with E-state index in [9.17, 15) is 27.2 Å². The molecule has 6 nitrogen and oxygen atoms in total. The molecule has 1 aromatic heterocycles. The van der Waals surface area contributed by atoms with Crippen molar-refractivity contribution in [1.82, 2.24) is 9.97 Å². The Bertz CT molecular complexity index is 851. The Morgan fingerprint density at radius 3 is 2.58 bits per heavy atom. The fourth-order valence-corrected chi connectivity index (χ4v) is 1.87. The first-order valence-corrected chi connectivity index (χ1v) is 6.57. The first-order chi connectivity index (χ1) is 11.1. The maximum Gasteiger partial charge on any atom is 0.437 e. The van der Waals surface area contributed by atoms with Crippen LogP contribution in [0.15, 0.2) is 23.0 Å². The average Bonchev–Trinajstić information content (AvgIpc) is 2.43. The number of carbonyl (C=O) groups excluding carboxylic acids is 1. The smallest absolute Gasteiger partial charge is 0.437 e. The molecule has 0 saturated heterocycles. The minimum atomic E-state index is -5.04. The summed E-state index contributed by atoms with van der Waals surface area (Å²) in [5.41, 5.74) is 1.93. The van der Waals surface area contributed by atoms with Gasteiger partial charge in [-0.25, -0.2) is 9.37 Å². The SMILES string of the molecule is NC(=O)Cc1nc(C(F)(F)F)c(Oc2ccc(F)c(Cl)c2)c(=O)[nH]1. The molecule has 0 aliphatic heterocycles. The van der Waals surface area contributed by atoms with Crippen LogP contribution in [0, 0.1) is 5.82 Å². The van der Waals surface area contributed by atoms with E-state index in [2.05, 4.69) is 4.98 Å². The number of alkyl halides is 3. The molecule has 0 fully saturated rings. The number of hydrogen-bond donors (Lipinski definition) is 2. The number of rotatable bonds is 4. The molecule has 2 rings (SSSR count). The summed E-state index contributed by atoms with van der Waals surface area (Å²) in [4.78, 5) is 27.8. The number of carbonyl (C=O) groups is 1. The normalized spacial score (nSPS) is 11.4. The van der Waals surface area contributed by atoms with Gasteiger partial charge in [-0.15, -0.1) is 0 Å². The summed E-state index contributed by atoms with van der Waals surface area (Å²) in [6.07, 6.45) is -5.74. The zero-order valence-electron chi connectivity index (χ0n) is 11.6. The first kappa shape index (κ1) is 17.7. The molecule has 1 amide bonds. The standard InChI is InChI=1S/C13H8ClF4N3O3/c14-6-3-5(1-2-7(6)15)24-10-11(13(16,17)18)20-9(4-8(19)22)21-12(10)23/h1-3H,4H2,(H2,19,22)(H,20,21,23). The van der Waals surface area contributed by atoms with Crippen LogP contribution in [0.2, 0.25) is 5.02 Å². The van der Waals surface area contributed by atoms with Crippen molar-refractivity contribution in [3.05, 3.63) is 50.9 Å². The van der Waals surface area contributed by atoms with Crippen LogP contribution in [-0.4, -0.2) is 15.9 Å². The average molecular weight is 366 g/mol. The largest absolute Gasteiger partial charge is 0.449 e. The number of nitrogens with two attached hydrogens (primary N) is 1. The second-order valence-corrected chi connectivity index (χ2v) is 4.92. The Labute approximate surface area is 136 Å². The molecule has 24 heavy (non-hydrogen) atoms. The van der Waals surface area contributed by atoms with E-state index in [1.807, 2.05) is 4.98 Å². The minimum absolute atomic E-state index is 0.304. The highest BCUT2D eigenvalue weighted by Gasteiger charge is 2.39. The van der Waals surface area contributed by atoms with Crippen molar-refractivity contribution >= 4 is 17.5 Å². The van der Waals surface area contributed by atoms with Gasteiger partial charge in [0.2, 0.25) is 11.7 Å². The molecule has 0 bridgehead atoms.